The zero-order chi connectivity index (χ0) is 17.8. The Morgan fingerprint density at radius 1 is 1.60 bits per heavy atom. The highest BCUT2D eigenvalue weighted by atomic mass is 16.5. The molecule has 0 saturated carbocycles. The van der Waals surface area contributed by atoms with Crippen LogP contribution in [-0.2, 0) is 14.3 Å². The molecule has 114 valence electrons. The van der Waals surface area contributed by atoms with Gasteiger partial charge in [0.25, 0.3) is 0 Å². The number of nitrogens with one attached hydrogen (secondary N) is 1. The lowest BCUT2D eigenvalue weighted by Crippen LogP contribution is -2.57. The van der Waals surface area contributed by atoms with Gasteiger partial charge in [0.2, 0.25) is 5.91 Å². The van der Waals surface area contributed by atoms with Crippen LogP contribution in [-0.4, -0.2) is 41.3 Å². The second kappa shape index (κ2) is 7.40. The summed E-state index contributed by atoms with van der Waals surface area (Å²) in [6.07, 6.45) is 1.94. The average molecular weight is 287 g/mol. The van der Waals surface area contributed by atoms with Gasteiger partial charge in [-0.15, -0.1) is 0 Å². The lowest BCUT2D eigenvalue weighted by molar-refractivity contribution is -0.133. The molecule has 1 amide bonds. The zero-order valence-electron chi connectivity index (χ0n) is 14.8. The van der Waals surface area contributed by atoms with E-state index in [1.807, 2.05) is 13.8 Å². The first-order chi connectivity index (χ1) is 10.6. The molecule has 0 bridgehead atoms. The molecule has 0 aromatic rings. The number of aliphatic carboxylic acids is 1. The van der Waals surface area contributed by atoms with Crippen LogP contribution in [0.3, 0.4) is 0 Å². The topological polar surface area (TPSA) is 102 Å². The number of carbonyl (C=O) groups excluding carboxylic acids is 1. The minimum atomic E-state index is -2.80. The number of hydrogen-bond donors (Lipinski definition) is 3. The third-order valence-corrected chi connectivity index (χ3v) is 3.47. The Balaban J connectivity index is 3.03. The standard InChI is InChI=1S/C14H24N2O4/c1-4-10(5-2)20-12-7-9(14(18)19)6-11(15)13(12)16-8(3)17/h7,10-13H,4-6,15H2,1-3H3,(H,16,17)(H,18,19)/i3D3. The Morgan fingerprint density at radius 2 is 2.25 bits per heavy atom. The van der Waals surface area contributed by atoms with E-state index in [2.05, 4.69) is 5.32 Å². The summed E-state index contributed by atoms with van der Waals surface area (Å²) < 4.78 is 27.3. The van der Waals surface area contributed by atoms with E-state index in [0.29, 0.717) is 12.8 Å². The van der Waals surface area contributed by atoms with E-state index in [1.54, 1.807) is 0 Å². The van der Waals surface area contributed by atoms with Crippen LogP contribution in [0, 0.1) is 0 Å². The number of carbonyl (C=O) groups is 2. The first kappa shape index (κ1) is 12.3. The van der Waals surface area contributed by atoms with Crippen molar-refractivity contribution in [1.29, 1.82) is 0 Å². The quantitative estimate of drug-likeness (QED) is 0.671. The van der Waals surface area contributed by atoms with Gasteiger partial charge in [-0.2, -0.15) is 0 Å². The van der Waals surface area contributed by atoms with Crippen LogP contribution in [0.15, 0.2) is 11.6 Å². The molecule has 0 radical (unpaired) electrons. The summed E-state index contributed by atoms with van der Waals surface area (Å²) in [6.45, 7) is 1.06. The minimum Gasteiger partial charge on any atom is -0.478 e. The van der Waals surface area contributed by atoms with E-state index in [9.17, 15) is 9.59 Å². The molecule has 0 spiro atoms. The van der Waals surface area contributed by atoms with Crippen LogP contribution in [0.1, 0.15) is 44.1 Å². The fourth-order valence-electron chi connectivity index (χ4n) is 2.32. The molecule has 0 aromatic heterocycles. The molecular weight excluding hydrogens is 260 g/mol. The Kier molecular flexibility index (Phi) is 4.57. The number of nitrogens with two attached hydrogens (primary N) is 1. The van der Waals surface area contributed by atoms with E-state index < -0.39 is 36.9 Å². The van der Waals surface area contributed by atoms with Crippen molar-refractivity contribution in [2.24, 2.45) is 5.73 Å². The lowest BCUT2D eigenvalue weighted by Gasteiger charge is -2.36. The number of carboxylic acid groups (broad SMARTS) is 1. The van der Waals surface area contributed by atoms with E-state index in [0.717, 1.165) is 0 Å². The van der Waals surface area contributed by atoms with Gasteiger partial charge in [-0.05, 0) is 25.3 Å². The molecular formula is C14H24N2O4. The SMILES string of the molecule is [2H]C([2H])([2H])C(=O)NC1C(N)CC(C(=O)O)=CC1OC(CC)CC. The molecule has 0 aliphatic heterocycles. The Bertz CT molecular complexity index is 475. The monoisotopic (exact) mass is 287 g/mol. The van der Waals surface area contributed by atoms with Crippen molar-refractivity contribution in [3.8, 4) is 0 Å². The number of amides is 1. The fraction of sp³-hybridized carbons (Fsp3) is 0.714. The summed E-state index contributed by atoms with van der Waals surface area (Å²) in [5.74, 6) is -2.22. The number of hydrogen-bond acceptors (Lipinski definition) is 4. The maximum atomic E-state index is 11.7. The number of carboxylic acids is 1. The van der Waals surface area contributed by atoms with Gasteiger partial charge in [0.1, 0.15) is 0 Å². The largest absolute Gasteiger partial charge is 0.478 e. The van der Waals surface area contributed by atoms with Gasteiger partial charge < -0.3 is 20.9 Å². The minimum absolute atomic E-state index is 0.0318. The molecule has 20 heavy (non-hydrogen) atoms. The normalized spacial score (nSPS) is 29.1. The van der Waals surface area contributed by atoms with Crippen molar-refractivity contribution in [1.82, 2.24) is 5.32 Å². The van der Waals surface area contributed by atoms with Crippen molar-refractivity contribution >= 4 is 11.9 Å². The van der Waals surface area contributed by atoms with Crippen molar-refractivity contribution in [3.63, 3.8) is 0 Å². The van der Waals surface area contributed by atoms with Gasteiger partial charge >= 0.3 is 5.97 Å². The van der Waals surface area contributed by atoms with Gasteiger partial charge in [0, 0.05) is 22.6 Å². The summed E-state index contributed by atoms with van der Waals surface area (Å²) >= 11 is 0. The Labute approximate surface area is 123 Å². The Hall–Kier alpha value is -1.40. The van der Waals surface area contributed by atoms with Crippen LogP contribution in [0.5, 0.6) is 0 Å². The summed E-state index contributed by atoms with van der Waals surface area (Å²) in [6, 6.07) is -1.52. The Morgan fingerprint density at radius 3 is 2.75 bits per heavy atom. The number of rotatable bonds is 6. The average Bonchev–Trinajstić information content (AvgIpc) is 2.45. The highest BCUT2D eigenvalue weighted by Crippen LogP contribution is 2.23. The van der Waals surface area contributed by atoms with Crippen LogP contribution in [0.4, 0.5) is 0 Å². The molecule has 1 aliphatic rings. The molecule has 1 aliphatic carbocycles. The van der Waals surface area contributed by atoms with Crippen molar-refractivity contribution in [3.05, 3.63) is 11.6 Å². The van der Waals surface area contributed by atoms with Gasteiger partial charge in [0.05, 0.1) is 18.2 Å². The zero-order valence-corrected chi connectivity index (χ0v) is 11.8. The van der Waals surface area contributed by atoms with Crippen molar-refractivity contribution < 1.29 is 23.5 Å². The van der Waals surface area contributed by atoms with E-state index in [1.165, 1.54) is 6.08 Å². The highest BCUT2D eigenvalue weighted by Gasteiger charge is 2.35. The molecule has 3 atom stereocenters. The predicted molar refractivity (Wildman–Crippen MR) is 75.2 cm³/mol. The smallest absolute Gasteiger partial charge is 0.331 e. The predicted octanol–water partition coefficient (Wildman–Crippen LogP) is 0.807. The first-order valence-electron chi connectivity index (χ1n) is 8.26. The molecule has 3 unspecified atom stereocenters. The van der Waals surface area contributed by atoms with Gasteiger partial charge in [-0.1, -0.05) is 13.8 Å². The molecule has 4 N–H and O–H groups in total. The second-order valence-electron chi connectivity index (χ2n) is 4.90. The van der Waals surface area contributed by atoms with Crippen LogP contribution in [0.2, 0.25) is 0 Å². The van der Waals surface area contributed by atoms with Crippen LogP contribution < -0.4 is 11.1 Å². The first-order valence-corrected chi connectivity index (χ1v) is 6.76. The molecule has 1 rings (SSSR count). The summed E-state index contributed by atoms with van der Waals surface area (Å²) in [5.41, 5.74) is 6.07. The molecule has 0 aromatic carbocycles. The van der Waals surface area contributed by atoms with Crippen LogP contribution in [0.25, 0.3) is 0 Å². The van der Waals surface area contributed by atoms with E-state index in [-0.39, 0.29) is 18.1 Å². The van der Waals surface area contributed by atoms with Gasteiger partial charge in [0.15, 0.2) is 0 Å². The van der Waals surface area contributed by atoms with Crippen molar-refractivity contribution in [2.75, 3.05) is 0 Å². The molecule has 6 heteroatoms. The van der Waals surface area contributed by atoms with Gasteiger partial charge in [-0.3, -0.25) is 4.79 Å². The summed E-state index contributed by atoms with van der Waals surface area (Å²) in [7, 11) is 0. The van der Waals surface area contributed by atoms with Crippen LogP contribution >= 0.6 is 0 Å². The summed E-state index contributed by atoms with van der Waals surface area (Å²) in [4.78, 5) is 22.9. The fourth-order valence-corrected chi connectivity index (χ4v) is 2.32. The highest BCUT2D eigenvalue weighted by molar-refractivity contribution is 5.87. The molecule has 0 fully saturated rings. The summed E-state index contributed by atoms with van der Waals surface area (Å²) in [5, 5.41) is 11.5. The van der Waals surface area contributed by atoms with Crippen molar-refractivity contribution in [2.45, 2.75) is 64.3 Å². The number of ether oxygens (including phenoxy) is 1. The molecule has 0 heterocycles. The van der Waals surface area contributed by atoms with E-state index >= 15 is 0 Å². The van der Waals surface area contributed by atoms with Gasteiger partial charge in [-0.25, -0.2) is 4.79 Å². The lowest BCUT2D eigenvalue weighted by atomic mass is 9.88. The second-order valence-corrected chi connectivity index (χ2v) is 4.90. The molecule has 0 saturated heterocycles. The maximum absolute atomic E-state index is 11.7. The van der Waals surface area contributed by atoms with E-state index in [4.69, 9.17) is 19.7 Å². The third kappa shape index (κ3) is 4.31. The third-order valence-electron chi connectivity index (χ3n) is 3.47. The maximum Gasteiger partial charge on any atom is 0.331 e. The molecule has 6 nitrogen and oxygen atoms in total.